The van der Waals surface area contributed by atoms with E-state index in [4.69, 9.17) is 21.4 Å². The number of piperidine rings is 1. The van der Waals surface area contributed by atoms with Crippen molar-refractivity contribution in [2.75, 3.05) is 55.3 Å². The van der Waals surface area contributed by atoms with Gasteiger partial charge in [-0.1, -0.05) is 73.1 Å². The van der Waals surface area contributed by atoms with Crippen LogP contribution in [0.4, 0.5) is 24.5 Å². The molecule has 5 aromatic rings. The predicted molar refractivity (Wildman–Crippen MR) is 264 cm³/mol. The number of anilines is 2. The molecule has 14 nitrogen and oxygen atoms in total. The van der Waals surface area contributed by atoms with E-state index in [2.05, 4.69) is 14.7 Å². The number of hydrogen-bond donors (Lipinski definition) is 5. The van der Waals surface area contributed by atoms with Gasteiger partial charge in [0.15, 0.2) is 0 Å². The van der Waals surface area contributed by atoms with Crippen LogP contribution in [0.1, 0.15) is 48.2 Å². The van der Waals surface area contributed by atoms with Crippen LogP contribution in [-0.4, -0.2) is 99.2 Å². The smallest absolute Gasteiger partial charge is 0.388 e. The molecule has 0 aliphatic carbocycles. The van der Waals surface area contributed by atoms with E-state index in [1.54, 1.807) is 54.3 Å². The third-order valence-electron chi connectivity index (χ3n) is 11.5. The number of aliphatic hydroxyl groups excluding tert-OH is 1. The van der Waals surface area contributed by atoms with E-state index in [0.717, 1.165) is 39.4 Å². The van der Waals surface area contributed by atoms with Gasteiger partial charge >= 0.3 is 13.3 Å². The van der Waals surface area contributed by atoms with Gasteiger partial charge in [0.1, 0.15) is 4.90 Å². The van der Waals surface area contributed by atoms with E-state index in [0.29, 0.717) is 43.6 Å². The number of phosphoric ester groups is 1. The maximum Gasteiger partial charge on any atom is 0.501 e. The number of thioether (sulfide) groups is 1. The fraction of sp³-hybridized carbons (Fsp3) is 0.326. The quantitative estimate of drug-likeness (QED) is 0.0344. The molecule has 1 heterocycles. The van der Waals surface area contributed by atoms with Crippen LogP contribution in [0.25, 0.3) is 11.1 Å². The first kappa shape index (κ1) is 55.7. The minimum absolute atomic E-state index is 0. The lowest BCUT2D eigenvalue weighted by atomic mass is 9.84. The van der Waals surface area contributed by atoms with Gasteiger partial charge in [-0.15, -0.1) is 24.2 Å². The molecule has 0 radical (unpaired) electrons. The number of hydrogen-bond acceptors (Lipinski definition) is 12. The molecule has 0 aromatic heterocycles. The molecule has 5 aromatic carbocycles. The number of rotatable bonds is 21. The topological polar surface area (TPSA) is 203 Å². The molecule has 2 atom stereocenters. The number of amides is 1. The van der Waals surface area contributed by atoms with Crippen LogP contribution < -0.4 is 14.9 Å². The molecule has 1 fully saturated rings. The van der Waals surface area contributed by atoms with Crippen LogP contribution >= 0.6 is 43.6 Å². The van der Waals surface area contributed by atoms with Crippen LogP contribution in [0.5, 0.6) is 0 Å². The summed E-state index contributed by atoms with van der Waals surface area (Å²) in [4.78, 5) is 33.8. The normalized spacial score (nSPS) is 14.8. The Morgan fingerprint density at radius 3 is 2.17 bits per heavy atom. The summed E-state index contributed by atoms with van der Waals surface area (Å²) >= 11 is 7.42. The Kier molecular flexibility index (Phi) is 19.6. The average molecular weight is 1080 g/mol. The van der Waals surface area contributed by atoms with Gasteiger partial charge in [0, 0.05) is 59.1 Å². The van der Waals surface area contributed by atoms with E-state index in [1.165, 1.54) is 23.9 Å². The van der Waals surface area contributed by atoms with Crippen molar-refractivity contribution >= 4 is 80.7 Å². The number of nitrogens with one attached hydrogen (secondary N) is 2. The molecule has 1 aliphatic rings. The zero-order valence-corrected chi connectivity index (χ0v) is 42.0. The van der Waals surface area contributed by atoms with Gasteiger partial charge in [-0.05, 0) is 115 Å². The lowest BCUT2D eigenvalue weighted by Crippen LogP contribution is -2.36. The molecular weight excluding hydrogens is 1020 g/mol. The standard InChI is InChI=1S/C46H51ClF3N4O10PS3.ClH/c1-2-53(28-29-64-65(57,58)59)25-24-36(31-66-38-8-4-3-5-9-38)51-42-21-20-39(30-43(42)67(60,61)46(48,49)50)68(62,63)52-45(56)34-14-18-37(19-15-34)54-26-22-33(23-27-54)44(55)41-11-7-6-10-40(41)32-12-16-35(47)17-13-32;/h3-21,30,33,36,44,51,55H,2,22-29,31H2,1H3,(H,52,56)(H2,57,58,59);1H/t36-,44+;/m1./s1. The van der Waals surface area contributed by atoms with E-state index in [1.807, 2.05) is 53.3 Å². The van der Waals surface area contributed by atoms with E-state index in [-0.39, 0.29) is 55.8 Å². The summed E-state index contributed by atoms with van der Waals surface area (Å²) in [5.41, 5.74) is -3.06. The van der Waals surface area contributed by atoms with Gasteiger partial charge in [-0.3, -0.25) is 9.32 Å². The summed E-state index contributed by atoms with van der Waals surface area (Å²) in [5.74, 6) is -0.936. The van der Waals surface area contributed by atoms with Crippen molar-refractivity contribution in [3.05, 3.63) is 137 Å². The van der Waals surface area contributed by atoms with Crippen molar-refractivity contribution in [1.29, 1.82) is 0 Å². The summed E-state index contributed by atoms with van der Waals surface area (Å²) in [6.45, 7) is 3.40. The summed E-state index contributed by atoms with van der Waals surface area (Å²) < 4.78 is 114. The number of nitrogens with zero attached hydrogens (tertiary/aromatic N) is 2. The van der Waals surface area contributed by atoms with Gasteiger partial charge in [0.2, 0.25) is 0 Å². The highest BCUT2D eigenvalue weighted by atomic mass is 35.5. The third-order valence-corrected chi connectivity index (χ3v) is 16.3. The lowest BCUT2D eigenvalue weighted by Gasteiger charge is -2.36. The molecule has 0 saturated carbocycles. The van der Waals surface area contributed by atoms with Crippen LogP contribution in [0.2, 0.25) is 5.02 Å². The highest BCUT2D eigenvalue weighted by Crippen LogP contribution is 2.39. The molecule has 6 rings (SSSR count). The molecule has 1 aliphatic heterocycles. The van der Waals surface area contributed by atoms with Crippen LogP contribution in [0, 0.1) is 5.92 Å². The van der Waals surface area contributed by atoms with Crippen molar-refractivity contribution in [2.24, 2.45) is 5.92 Å². The van der Waals surface area contributed by atoms with E-state index >= 15 is 0 Å². The predicted octanol–water partition coefficient (Wildman–Crippen LogP) is 9.19. The number of likely N-dealkylation sites (N-methyl/N-ethyl adjacent to an activating group) is 1. The number of carbonyl (C=O) groups excluding carboxylic acids is 1. The zero-order valence-electron chi connectivity index (χ0n) is 37.0. The van der Waals surface area contributed by atoms with Gasteiger partial charge in [0.25, 0.3) is 25.8 Å². The molecule has 23 heteroatoms. The van der Waals surface area contributed by atoms with Crippen molar-refractivity contribution in [2.45, 2.75) is 58.5 Å². The van der Waals surface area contributed by atoms with Crippen LogP contribution in [-0.2, 0) is 28.9 Å². The van der Waals surface area contributed by atoms with Crippen molar-refractivity contribution < 1.29 is 58.8 Å². The maximum absolute atomic E-state index is 14.2. The van der Waals surface area contributed by atoms with E-state index < -0.39 is 66.7 Å². The van der Waals surface area contributed by atoms with E-state index in [9.17, 15) is 44.5 Å². The first-order valence-electron chi connectivity index (χ1n) is 21.4. The zero-order chi connectivity index (χ0) is 49.3. The second-order valence-electron chi connectivity index (χ2n) is 16.0. The Bertz CT molecular complexity index is 2770. The molecule has 1 amide bonds. The molecule has 0 bridgehead atoms. The number of sulfone groups is 1. The Morgan fingerprint density at radius 2 is 1.55 bits per heavy atom. The maximum atomic E-state index is 14.2. The molecule has 1 saturated heterocycles. The molecule has 374 valence electrons. The Balaban J connectivity index is 0.00000888. The summed E-state index contributed by atoms with van der Waals surface area (Å²) in [5, 5.41) is 15.0. The highest BCUT2D eigenvalue weighted by molar-refractivity contribution is 7.99. The number of aliphatic hydroxyl groups is 1. The molecule has 0 unspecified atom stereocenters. The van der Waals surface area contributed by atoms with Crippen molar-refractivity contribution in [3.63, 3.8) is 0 Å². The van der Waals surface area contributed by atoms with Gasteiger partial charge in [-0.25, -0.2) is 26.1 Å². The van der Waals surface area contributed by atoms with Crippen molar-refractivity contribution in [1.82, 2.24) is 9.62 Å². The largest absolute Gasteiger partial charge is 0.501 e. The molecule has 0 spiro atoms. The summed E-state index contributed by atoms with van der Waals surface area (Å²) in [6.07, 6.45) is 0.784. The lowest BCUT2D eigenvalue weighted by molar-refractivity contribution is -0.0436. The van der Waals surface area contributed by atoms with Crippen LogP contribution in [0.15, 0.2) is 136 Å². The van der Waals surface area contributed by atoms with Gasteiger partial charge in [-0.2, -0.15) is 13.2 Å². The summed E-state index contributed by atoms with van der Waals surface area (Å²) in [6, 6.07) is 31.6. The minimum atomic E-state index is -6.17. The van der Waals surface area contributed by atoms with Crippen molar-refractivity contribution in [3.8, 4) is 11.1 Å². The number of carbonyl (C=O) groups is 1. The fourth-order valence-electron chi connectivity index (χ4n) is 7.76. The first-order valence-corrected chi connectivity index (χ1v) is 27.3. The number of halogens is 5. The molecule has 5 N–H and O–H groups in total. The monoisotopic (exact) mass is 1070 g/mol. The van der Waals surface area contributed by atoms with Crippen LogP contribution in [0.3, 0.4) is 0 Å². The fourth-order valence-corrected chi connectivity index (χ4v) is 11.2. The average Bonchev–Trinajstić information content (AvgIpc) is 3.31. The molecular formula is C46H52Cl2F3N4O10PS3. The molecule has 69 heavy (non-hydrogen) atoms. The minimum Gasteiger partial charge on any atom is -0.388 e. The Labute approximate surface area is 415 Å². The Hall–Kier alpha value is -4.18. The first-order chi connectivity index (χ1) is 32.1. The second-order valence-corrected chi connectivity index (χ2v) is 22.3. The SMILES string of the molecule is CCN(CCOP(=O)(O)O)CC[C@H](CSc1ccccc1)Nc1ccc(S(=O)(=O)NC(=O)c2ccc(N3CCC([C@H](O)c4ccccc4-c4ccc(Cl)cc4)CC3)cc2)cc1S(=O)(=O)C(F)(F)F.Cl. The Morgan fingerprint density at radius 1 is 0.913 bits per heavy atom. The number of phosphoric acid groups is 1. The third kappa shape index (κ3) is 15.2. The van der Waals surface area contributed by atoms with Gasteiger partial charge < -0.3 is 30.0 Å². The number of benzene rings is 5. The number of alkyl halides is 3. The number of sulfonamides is 1. The highest BCUT2D eigenvalue weighted by Gasteiger charge is 2.48. The summed E-state index contributed by atoms with van der Waals surface area (Å²) in [7, 11) is -15.8. The van der Waals surface area contributed by atoms with Gasteiger partial charge in [0.05, 0.1) is 23.3 Å². The second kappa shape index (κ2) is 24.3.